The van der Waals surface area contributed by atoms with Crippen LogP contribution in [0.2, 0.25) is 0 Å². The van der Waals surface area contributed by atoms with Crippen LogP contribution >= 0.6 is 0 Å². The van der Waals surface area contributed by atoms with Gasteiger partial charge in [0.1, 0.15) is 5.75 Å². The van der Waals surface area contributed by atoms with Gasteiger partial charge in [-0.3, -0.25) is 4.98 Å². The molecule has 5 nitrogen and oxygen atoms in total. The molecule has 3 aromatic rings. The Morgan fingerprint density at radius 3 is 3.09 bits per heavy atom. The molecular formula is C17H17N3O2. The lowest BCUT2D eigenvalue weighted by molar-refractivity contribution is 0.167. The van der Waals surface area contributed by atoms with Gasteiger partial charge in [-0.05, 0) is 12.5 Å². The molecule has 1 aliphatic heterocycles. The molecule has 2 aromatic heterocycles. The van der Waals surface area contributed by atoms with Crippen LogP contribution in [0.15, 0.2) is 43.0 Å². The van der Waals surface area contributed by atoms with E-state index in [1.807, 2.05) is 30.5 Å². The van der Waals surface area contributed by atoms with Crippen LogP contribution in [-0.2, 0) is 4.74 Å². The molecule has 1 aromatic carbocycles. The highest BCUT2D eigenvalue weighted by Gasteiger charge is 2.18. The Balaban J connectivity index is 1.68. The van der Waals surface area contributed by atoms with E-state index in [4.69, 9.17) is 9.47 Å². The Bertz CT molecular complexity index is 778. The number of aromatic nitrogens is 3. The van der Waals surface area contributed by atoms with Crippen LogP contribution in [0.4, 0.5) is 0 Å². The molecule has 1 unspecified atom stereocenters. The maximum atomic E-state index is 6.06. The van der Waals surface area contributed by atoms with Crippen LogP contribution in [0.1, 0.15) is 6.42 Å². The minimum atomic E-state index is 0.479. The zero-order valence-corrected chi connectivity index (χ0v) is 12.2. The van der Waals surface area contributed by atoms with E-state index in [-0.39, 0.29) is 0 Å². The van der Waals surface area contributed by atoms with E-state index in [0.29, 0.717) is 12.5 Å². The first-order valence-corrected chi connectivity index (χ1v) is 7.49. The maximum absolute atomic E-state index is 6.06. The van der Waals surface area contributed by atoms with Crippen molar-refractivity contribution in [1.82, 2.24) is 15.0 Å². The van der Waals surface area contributed by atoms with Crippen LogP contribution in [-0.4, -0.2) is 34.8 Å². The number of nitrogens with zero attached hydrogens (tertiary/aromatic N) is 2. The number of imidazole rings is 1. The summed E-state index contributed by atoms with van der Waals surface area (Å²) >= 11 is 0. The van der Waals surface area contributed by atoms with Crippen LogP contribution < -0.4 is 4.74 Å². The molecule has 0 amide bonds. The standard InChI is InChI=1S/C17H17N3O2/c1-2-4-16(22-10-12-5-6-21-9-12)13(3-1)14-7-18-8-15-17(14)20-11-19-15/h1-4,7-8,11-12H,5-6,9-10H2,(H,19,20). The van der Waals surface area contributed by atoms with Gasteiger partial charge in [-0.25, -0.2) is 4.98 Å². The largest absolute Gasteiger partial charge is 0.493 e. The summed E-state index contributed by atoms with van der Waals surface area (Å²) in [7, 11) is 0. The second-order valence-corrected chi connectivity index (χ2v) is 5.52. The summed E-state index contributed by atoms with van der Waals surface area (Å²) in [6, 6.07) is 8.04. The molecule has 0 radical (unpaired) electrons. The van der Waals surface area contributed by atoms with Gasteiger partial charge in [0.2, 0.25) is 0 Å². The van der Waals surface area contributed by atoms with Gasteiger partial charge in [0.25, 0.3) is 0 Å². The second kappa shape index (κ2) is 5.77. The molecule has 5 heteroatoms. The number of H-pyrrole nitrogens is 1. The van der Waals surface area contributed by atoms with Crippen LogP contribution in [0.25, 0.3) is 22.2 Å². The Kier molecular flexibility index (Phi) is 3.48. The minimum Gasteiger partial charge on any atom is -0.493 e. The summed E-state index contributed by atoms with van der Waals surface area (Å²) in [4.78, 5) is 11.8. The third kappa shape index (κ3) is 2.44. The fourth-order valence-electron chi connectivity index (χ4n) is 2.80. The average Bonchev–Trinajstić information content (AvgIpc) is 3.24. The van der Waals surface area contributed by atoms with E-state index >= 15 is 0 Å². The first-order valence-electron chi connectivity index (χ1n) is 7.49. The van der Waals surface area contributed by atoms with Crippen molar-refractivity contribution in [2.75, 3.05) is 19.8 Å². The number of para-hydroxylation sites is 1. The van der Waals surface area contributed by atoms with Crippen molar-refractivity contribution in [2.24, 2.45) is 5.92 Å². The predicted molar refractivity (Wildman–Crippen MR) is 83.7 cm³/mol. The van der Waals surface area contributed by atoms with Crippen molar-refractivity contribution in [2.45, 2.75) is 6.42 Å². The Hall–Kier alpha value is -2.40. The number of fused-ring (bicyclic) bond motifs is 1. The highest BCUT2D eigenvalue weighted by molar-refractivity contribution is 5.92. The number of pyridine rings is 1. The van der Waals surface area contributed by atoms with E-state index < -0.39 is 0 Å². The van der Waals surface area contributed by atoms with E-state index in [0.717, 1.165) is 47.5 Å². The molecule has 3 heterocycles. The number of ether oxygens (including phenoxy) is 2. The monoisotopic (exact) mass is 295 g/mol. The van der Waals surface area contributed by atoms with E-state index in [9.17, 15) is 0 Å². The molecule has 0 bridgehead atoms. The van der Waals surface area contributed by atoms with Crippen molar-refractivity contribution < 1.29 is 9.47 Å². The molecule has 1 fully saturated rings. The first kappa shape index (κ1) is 13.3. The van der Waals surface area contributed by atoms with E-state index in [1.165, 1.54) is 0 Å². The highest BCUT2D eigenvalue weighted by Crippen LogP contribution is 2.33. The van der Waals surface area contributed by atoms with Gasteiger partial charge in [-0.2, -0.15) is 0 Å². The number of hydrogen-bond acceptors (Lipinski definition) is 4. The summed E-state index contributed by atoms with van der Waals surface area (Å²) < 4.78 is 11.5. The molecule has 0 saturated carbocycles. The fraction of sp³-hybridized carbons (Fsp3) is 0.294. The third-order valence-electron chi connectivity index (χ3n) is 4.01. The molecule has 1 aliphatic rings. The summed E-state index contributed by atoms with van der Waals surface area (Å²) in [6.07, 6.45) is 6.38. The smallest absolute Gasteiger partial charge is 0.127 e. The first-order chi connectivity index (χ1) is 10.9. The summed E-state index contributed by atoms with van der Waals surface area (Å²) in [5.41, 5.74) is 3.84. The van der Waals surface area contributed by atoms with Gasteiger partial charge in [0.05, 0.1) is 36.8 Å². The van der Waals surface area contributed by atoms with Crippen LogP contribution in [0, 0.1) is 5.92 Å². The summed E-state index contributed by atoms with van der Waals surface area (Å²) in [5, 5.41) is 0. The van der Waals surface area contributed by atoms with Gasteiger partial charge in [-0.15, -0.1) is 0 Å². The zero-order chi connectivity index (χ0) is 14.8. The van der Waals surface area contributed by atoms with Gasteiger partial charge in [0.15, 0.2) is 0 Å². The topological polar surface area (TPSA) is 60.0 Å². The van der Waals surface area contributed by atoms with E-state index in [1.54, 1.807) is 12.5 Å². The van der Waals surface area contributed by atoms with Crippen molar-refractivity contribution in [1.29, 1.82) is 0 Å². The molecule has 0 spiro atoms. The number of benzene rings is 1. The van der Waals surface area contributed by atoms with E-state index in [2.05, 4.69) is 15.0 Å². The molecule has 22 heavy (non-hydrogen) atoms. The average molecular weight is 295 g/mol. The van der Waals surface area contributed by atoms with Crippen molar-refractivity contribution >= 4 is 11.0 Å². The predicted octanol–water partition coefficient (Wildman–Crippen LogP) is 3.04. The zero-order valence-electron chi connectivity index (χ0n) is 12.2. The lowest BCUT2D eigenvalue weighted by Gasteiger charge is -2.14. The summed E-state index contributed by atoms with van der Waals surface area (Å²) in [6.45, 7) is 2.31. The second-order valence-electron chi connectivity index (χ2n) is 5.52. The van der Waals surface area contributed by atoms with Crippen molar-refractivity contribution in [3.63, 3.8) is 0 Å². The maximum Gasteiger partial charge on any atom is 0.127 e. The number of rotatable bonds is 4. The normalized spacial score (nSPS) is 17.9. The molecule has 1 saturated heterocycles. The fourth-order valence-corrected chi connectivity index (χ4v) is 2.80. The van der Waals surface area contributed by atoms with Gasteiger partial charge in [-0.1, -0.05) is 18.2 Å². The molecule has 4 rings (SSSR count). The highest BCUT2D eigenvalue weighted by atomic mass is 16.5. The Morgan fingerprint density at radius 1 is 1.23 bits per heavy atom. The molecule has 112 valence electrons. The van der Waals surface area contributed by atoms with Gasteiger partial charge in [0, 0.05) is 29.8 Å². The number of nitrogens with one attached hydrogen (secondary N) is 1. The SMILES string of the molecule is c1ccc(-c2cncc3[nH]cnc23)c(OCC2CCOC2)c1. The Morgan fingerprint density at radius 2 is 2.18 bits per heavy atom. The molecule has 1 atom stereocenters. The Labute approximate surface area is 128 Å². The van der Waals surface area contributed by atoms with Crippen molar-refractivity contribution in [3.8, 4) is 16.9 Å². The lowest BCUT2D eigenvalue weighted by atomic mass is 10.1. The quantitative estimate of drug-likeness (QED) is 0.803. The van der Waals surface area contributed by atoms with Gasteiger partial charge < -0.3 is 14.5 Å². The molecule has 0 aliphatic carbocycles. The van der Waals surface area contributed by atoms with Crippen LogP contribution in [0.3, 0.4) is 0 Å². The minimum absolute atomic E-state index is 0.479. The number of hydrogen-bond donors (Lipinski definition) is 1. The molecular weight excluding hydrogens is 278 g/mol. The summed E-state index contributed by atoms with van der Waals surface area (Å²) in [5.74, 6) is 1.35. The van der Waals surface area contributed by atoms with Crippen LogP contribution in [0.5, 0.6) is 5.75 Å². The number of aromatic amines is 1. The van der Waals surface area contributed by atoms with Crippen molar-refractivity contribution in [3.05, 3.63) is 43.0 Å². The lowest BCUT2D eigenvalue weighted by Crippen LogP contribution is -2.12. The van der Waals surface area contributed by atoms with Gasteiger partial charge >= 0.3 is 0 Å². The molecule has 1 N–H and O–H groups in total. The third-order valence-corrected chi connectivity index (χ3v) is 4.01.